The van der Waals surface area contributed by atoms with Crippen molar-refractivity contribution in [1.29, 1.82) is 0 Å². The number of terminal acetylenes is 1. The smallest absolute Gasteiger partial charge is 0.410 e. The monoisotopic (exact) mass is 1460 g/mol. The molecule has 2 aromatic carbocycles. The lowest BCUT2D eigenvalue weighted by Crippen LogP contribution is -2.70. The van der Waals surface area contributed by atoms with Crippen LogP contribution < -0.4 is 49.9 Å². The van der Waals surface area contributed by atoms with Crippen LogP contribution >= 0.6 is 0 Å². The molecule has 2 aromatic rings. The molecule has 0 bridgehead atoms. The van der Waals surface area contributed by atoms with E-state index >= 15 is 0 Å². The summed E-state index contributed by atoms with van der Waals surface area (Å²) in [6.45, 7) is 2.08. The summed E-state index contributed by atoms with van der Waals surface area (Å²) in [4.78, 5) is 51.9. The van der Waals surface area contributed by atoms with Crippen molar-refractivity contribution in [1.82, 2.24) is 26.2 Å². The first-order valence-electron chi connectivity index (χ1n) is 34.3. The molecule has 9 fully saturated rings. The highest BCUT2D eigenvalue weighted by molar-refractivity contribution is 5.78. The SMILES string of the molecule is C#CC#CC.CNC1C(O[C@H]2OC(CO)[C@@H](NC(=O)CN)[C@H](O)C2O)O[C@H]2C[C@H](N)[C@@H](O[C@@H]3C(N)C[C@@H](N)C[C@H]3O)OC2C1O.C[C@H]1C[C@@H]2OC(O[C@H]3OC(CO)[C@@H](N)[C@H](O)C3O)C3C(OC(=O)N3C)C2O[C@@H]1O[C@@H]1C(NC(=O)OCc2ccccc2)C[C@@H](NC(=O)OCc2ccccc2)C[C@H]1O. The first-order chi connectivity index (χ1) is 49.3. The summed E-state index contributed by atoms with van der Waals surface area (Å²) in [6, 6.07) is 11.3. The van der Waals surface area contributed by atoms with E-state index in [2.05, 4.69) is 39.0 Å². The van der Waals surface area contributed by atoms with E-state index in [1.54, 1.807) is 14.0 Å². The van der Waals surface area contributed by atoms with Crippen molar-refractivity contribution >= 4 is 24.2 Å². The summed E-state index contributed by atoms with van der Waals surface area (Å²) in [7, 11) is 3.04. The Morgan fingerprint density at radius 1 is 0.602 bits per heavy atom. The number of nitrogens with zero attached hydrogens (tertiary/aromatic N) is 1. The Morgan fingerprint density at radius 2 is 1.17 bits per heavy atom. The third-order valence-corrected chi connectivity index (χ3v) is 19.6. The summed E-state index contributed by atoms with van der Waals surface area (Å²) < 4.78 is 77.3. The highest BCUT2D eigenvalue weighted by Gasteiger charge is 2.61. The van der Waals surface area contributed by atoms with Gasteiger partial charge in [-0.25, -0.2) is 14.4 Å². The number of benzene rings is 2. The van der Waals surface area contributed by atoms with Gasteiger partial charge in [0.2, 0.25) is 5.91 Å². The third kappa shape index (κ3) is 19.9. The number of aliphatic hydroxyl groups is 9. The molecule has 14 unspecified atom stereocenters. The number of nitrogens with one attached hydrogen (secondary N) is 4. The zero-order valence-corrected chi connectivity index (χ0v) is 57.4. The number of amides is 4. The molecule has 103 heavy (non-hydrogen) atoms. The van der Waals surface area contributed by atoms with Gasteiger partial charge >= 0.3 is 18.3 Å². The maximum Gasteiger partial charge on any atom is 0.410 e. The number of aliphatic hydroxyl groups excluding tert-OH is 9. The third-order valence-electron chi connectivity index (χ3n) is 19.6. The molecular formula is C67H100N10O26. The van der Waals surface area contributed by atoms with E-state index < -0.39 is 221 Å². The van der Waals surface area contributed by atoms with Gasteiger partial charge in [-0.05, 0) is 75.5 Å². The van der Waals surface area contributed by atoms with E-state index in [-0.39, 0.29) is 51.0 Å². The van der Waals surface area contributed by atoms with Gasteiger partial charge in [0.25, 0.3) is 0 Å². The first-order valence-corrected chi connectivity index (χ1v) is 34.3. The lowest BCUT2D eigenvalue weighted by atomic mass is 9.85. The van der Waals surface area contributed by atoms with E-state index in [1.807, 2.05) is 67.6 Å². The standard InChI is InChI=1S/C39H52N4O15.C23H44N6O11.C5H4/c1-19-13-25-32(33-28(43(2)39(50)57-33)35(53-25)58-36-30(47)29(46)27(40)26(16-44)54-36)56-34(19)55-31-23(42-38(49)52-18-21-11-7-4-8-12-21)14-22(15-24(31)45)41-37(48)51-17-20-9-5-3-6-10-20;1-28-15-17(34)20-11(4-9(27)21(39-20)38-19-8(26)2-7(25)3-10(19)31)36-22(15)40-23-18(35)16(33)14(12(6-30)37-23)29-13(32)5-24;1-3-5-4-2/h3-12,19,22-36,44-47H,13-18,40H2,1-2H3,(H,41,48)(H,42,49);7-12,14-23,28,30-31,33-35H,2-6,24-27H2,1H3,(H,29,32);1H,2H3/t19-,22+,23?,24+,25-,26?,27+,28?,29-,30?,31+,32?,33?,34-,35?,36+;7-,8?,9+,10-,11+,12?,14-,15?,16+,17?,18?,19-,20?,21+,22?,23-;/m01./s1. The van der Waals surface area contributed by atoms with Crippen LogP contribution in [0.5, 0.6) is 0 Å². The van der Waals surface area contributed by atoms with Crippen LogP contribution in [0.15, 0.2) is 60.7 Å². The van der Waals surface area contributed by atoms with E-state index in [0.29, 0.717) is 19.3 Å². The summed E-state index contributed by atoms with van der Waals surface area (Å²) in [5, 5.41) is 106. The van der Waals surface area contributed by atoms with Crippen LogP contribution in [-0.4, -0.2) is 299 Å². The minimum absolute atomic E-state index is 0.00476. The molecule has 9 aliphatic rings. The van der Waals surface area contributed by atoms with Crippen LogP contribution in [0.1, 0.15) is 63.5 Å². The number of rotatable bonds is 19. The molecule has 7 aliphatic heterocycles. The normalized spacial score (nSPS) is 41.1. The predicted molar refractivity (Wildman–Crippen MR) is 354 cm³/mol. The maximum absolute atomic E-state index is 13.2. The first kappa shape index (κ1) is 80.9. The minimum Gasteiger partial charge on any atom is -0.445 e. The second-order valence-corrected chi connectivity index (χ2v) is 26.9. The van der Waals surface area contributed by atoms with Crippen LogP contribution in [0.3, 0.4) is 0 Å². The number of likely N-dealkylation sites (N-methyl/N-ethyl adjacent to an activating group) is 2. The molecule has 0 spiro atoms. The Labute approximate surface area is 594 Å². The number of fused-ring (bicyclic) bond motifs is 4. The topological polar surface area (TPSA) is 552 Å². The molecule has 2 aliphatic carbocycles. The molecule has 0 radical (unpaired) electrons. The van der Waals surface area contributed by atoms with Gasteiger partial charge in [-0.1, -0.05) is 73.5 Å². The van der Waals surface area contributed by atoms with Crippen LogP contribution in [0.2, 0.25) is 0 Å². The summed E-state index contributed by atoms with van der Waals surface area (Å²) in [5.41, 5.74) is 31.2. The van der Waals surface area contributed by atoms with Crippen LogP contribution in [0, 0.1) is 30.1 Å². The highest BCUT2D eigenvalue weighted by Crippen LogP contribution is 2.43. The van der Waals surface area contributed by atoms with Crippen molar-refractivity contribution in [2.45, 2.75) is 255 Å². The van der Waals surface area contributed by atoms with Gasteiger partial charge in [0, 0.05) is 31.1 Å². The largest absolute Gasteiger partial charge is 0.445 e. The van der Waals surface area contributed by atoms with Gasteiger partial charge in [0.1, 0.15) is 86.4 Å². The van der Waals surface area contributed by atoms with Crippen molar-refractivity contribution in [3.63, 3.8) is 0 Å². The predicted octanol–water partition coefficient (Wildman–Crippen LogP) is -5.97. The second kappa shape index (κ2) is 37.4. The quantitative estimate of drug-likeness (QED) is 0.0460. The van der Waals surface area contributed by atoms with Crippen LogP contribution in [0.4, 0.5) is 14.4 Å². The van der Waals surface area contributed by atoms with Crippen LogP contribution in [0.25, 0.3) is 0 Å². The maximum atomic E-state index is 13.2. The molecule has 2 saturated carbocycles. The number of hydrogen-bond donors (Lipinski definition) is 18. The number of hydrogen-bond acceptors (Lipinski definition) is 32. The fraction of sp³-hybridized carbons (Fsp3) is 0.701. The Kier molecular flexibility index (Phi) is 29.4. The van der Waals surface area contributed by atoms with Gasteiger partial charge in [0.05, 0.1) is 74.4 Å². The van der Waals surface area contributed by atoms with Gasteiger partial charge in [-0.3, -0.25) is 9.69 Å². The number of ether oxygens (including phenoxy) is 13. The number of carbonyl (C=O) groups excluding carboxylic acids is 4. The Balaban J connectivity index is 0.000000238. The summed E-state index contributed by atoms with van der Waals surface area (Å²) in [5.74, 6) is 6.08. The van der Waals surface area contributed by atoms with E-state index in [4.69, 9.17) is 96.7 Å². The molecule has 7 heterocycles. The zero-order valence-electron chi connectivity index (χ0n) is 57.4. The molecule has 23 N–H and O–H groups in total. The number of nitrogens with two attached hydrogens (primary N) is 5. The molecule has 7 saturated heterocycles. The fourth-order valence-electron chi connectivity index (χ4n) is 14.1. The van der Waals surface area contributed by atoms with Crippen molar-refractivity contribution in [3.8, 4) is 24.2 Å². The molecule has 11 rings (SSSR count). The van der Waals surface area contributed by atoms with E-state index in [9.17, 15) is 65.1 Å². The molecule has 36 heteroatoms. The lowest BCUT2D eigenvalue weighted by molar-refractivity contribution is -0.374. The molecule has 574 valence electrons. The van der Waals surface area contributed by atoms with Crippen LogP contribution in [-0.2, 0) is 79.6 Å². The van der Waals surface area contributed by atoms with E-state index in [1.165, 1.54) is 11.9 Å². The Bertz CT molecular complexity index is 3130. The van der Waals surface area contributed by atoms with Gasteiger partial charge in [-0.15, -0.1) is 6.42 Å². The highest BCUT2D eigenvalue weighted by atomic mass is 16.8. The minimum atomic E-state index is -1.65. The average Bonchev–Trinajstić information content (AvgIpc) is 1.68. The van der Waals surface area contributed by atoms with Gasteiger partial charge in [-0.2, -0.15) is 0 Å². The molecule has 0 aromatic heterocycles. The number of carbonyl (C=O) groups is 4. The van der Waals surface area contributed by atoms with Gasteiger partial charge < -0.3 is 157 Å². The van der Waals surface area contributed by atoms with Gasteiger partial charge in [0.15, 0.2) is 43.8 Å². The number of alkyl carbamates (subject to hydrolysis) is 2. The summed E-state index contributed by atoms with van der Waals surface area (Å²) >= 11 is 0. The lowest BCUT2D eigenvalue weighted by Gasteiger charge is -2.51. The Hall–Kier alpha value is -6.16. The van der Waals surface area contributed by atoms with Crippen molar-refractivity contribution < 1.29 is 127 Å². The second-order valence-electron chi connectivity index (χ2n) is 26.9. The van der Waals surface area contributed by atoms with E-state index in [0.717, 1.165) is 11.1 Å². The fourth-order valence-corrected chi connectivity index (χ4v) is 14.1. The Morgan fingerprint density at radius 3 is 1.77 bits per heavy atom. The zero-order chi connectivity index (χ0) is 74.5. The molecule has 32 atom stereocenters. The van der Waals surface area contributed by atoms with Crippen molar-refractivity contribution in [2.24, 2.45) is 34.6 Å². The molecule has 36 nitrogen and oxygen atoms in total. The molecular weight excluding hydrogens is 1360 g/mol. The average molecular weight is 1460 g/mol. The summed E-state index contributed by atoms with van der Waals surface area (Å²) in [6.07, 6.45) is -21.0. The molecule has 4 amide bonds. The van der Waals surface area contributed by atoms with Crippen molar-refractivity contribution in [3.05, 3.63) is 71.8 Å². The van der Waals surface area contributed by atoms with Crippen molar-refractivity contribution in [2.75, 3.05) is 33.9 Å².